The predicted octanol–water partition coefficient (Wildman–Crippen LogP) is 5.54. The first kappa shape index (κ1) is 18.8. The van der Waals surface area contributed by atoms with Crippen molar-refractivity contribution < 1.29 is 4.39 Å². The van der Waals surface area contributed by atoms with Crippen molar-refractivity contribution in [1.82, 2.24) is 28.9 Å². The van der Waals surface area contributed by atoms with E-state index in [1.165, 1.54) is 6.07 Å². The Morgan fingerprint density at radius 3 is 2.21 bits per heavy atom. The molecule has 0 bridgehead atoms. The molecule has 0 unspecified atom stereocenters. The molecule has 8 heteroatoms. The molecule has 0 spiro atoms. The Labute approximate surface area is 193 Å². The van der Waals surface area contributed by atoms with E-state index in [0.717, 1.165) is 33.8 Å². The van der Waals surface area contributed by atoms with Gasteiger partial charge in [-0.25, -0.2) is 18.7 Å². The van der Waals surface area contributed by atoms with Crippen LogP contribution in [-0.4, -0.2) is 28.9 Å². The molecule has 0 atom stereocenters. The van der Waals surface area contributed by atoms with Crippen molar-refractivity contribution in [2.75, 3.05) is 5.32 Å². The Hall–Kier alpha value is -4.72. The van der Waals surface area contributed by atoms with E-state index in [2.05, 4.69) is 15.5 Å². The van der Waals surface area contributed by atoms with Crippen LogP contribution in [0.15, 0.2) is 85.5 Å². The maximum atomic E-state index is 15.3. The highest BCUT2D eigenvalue weighted by molar-refractivity contribution is 5.95. The van der Waals surface area contributed by atoms with E-state index < -0.39 is 0 Å². The van der Waals surface area contributed by atoms with Gasteiger partial charge in [-0.15, -0.1) is 0 Å². The number of nitrogens with one attached hydrogen (secondary N) is 1. The standard InChI is InChI=1S/C26H18FN7/c1-16-6-2-7-17-23(16)31-26-24(30-21-11-10-18(27)25(17)34(21)26)22-19(32-14-4-12-28-32)8-3-9-20(22)33-15-5-13-29-33/h2-15,31H,1H3. The molecule has 1 aliphatic heterocycles. The second kappa shape index (κ2) is 6.89. The van der Waals surface area contributed by atoms with Crippen LogP contribution in [0.3, 0.4) is 0 Å². The molecule has 0 radical (unpaired) electrons. The number of fused-ring (bicyclic) bond motifs is 2. The summed E-state index contributed by atoms with van der Waals surface area (Å²) in [5.74, 6) is 0.415. The number of para-hydroxylation sites is 1. The van der Waals surface area contributed by atoms with E-state index in [1.807, 2.05) is 81.6 Å². The maximum absolute atomic E-state index is 15.3. The fourth-order valence-corrected chi connectivity index (χ4v) is 4.77. The summed E-state index contributed by atoms with van der Waals surface area (Å²) in [4.78, 5) is 5.00. The minimum atomic E-state index is -0.293. The molecule has 7 nitrogen and oxygen atoms in total. The third kappa shape index (κ3) is 2.53. The van der Waals surface area contributed by atoms with E-state index in [1.54, 1.807) is 18.5 Å². The largest absolute Gasteiger partial charge is 0.339 e. The van der Waals surface area contributed by atoms with Gasteiger partial charge in [0.1, 0.15) is 23.0 Å². The molecule has 34 heavy (non-hydrogen) atoms. The molecule has 5 heterocycles. The number of aryl methyl sites for hydroxylation is 1. The lowest BCUT2D eigenvalue weighted by atomic mass is 10.0. The SMILES string of the molecule is Cc1cccc2c1Nc1c(-c3c(-n4cccn4)cccc3-n3cccn3)nc3ccc(F)c-2n13. The summed E-state index contributed by atoms with van der Waals surface area (Å²) < 4.78 is 20.7. The average molecular weight is 447 g/mol. The van der Waals surface area contributed by atoms with Crippen molar-refractivity contribution in [1.29, 1.82) is 0 Å². The van der Waals surface area contributed by atoms with Crippen LogP contribution < -0.4 is 5.32 Å². The molecule has 2 aromatic carbocycles. The van der Waals surface area contributed by atoms with E-state index in [-0.39, 0.29) is 5.82 Å². The quantitative estimate of drug-likeness (QED) is 0.386. The minimum absolute atomic E-state index is 0.293. The molecule has 0 aliphatic carbocycles. The third-order valence-corrected chi connectivity index (χ3v) is 6.26. The van der Waals surface area contributed by atoms with Gasteiger partial charge in [0.2, 0.25) is 0 Å². The maximum Gasteiger partial charge on any atom is 0.148 e. The van der Waals surface area contributed by atoms with Crippen LogP contribution >= 0.6 is 0 Å². The highest BCUT2D eigenvalue weighted by atomic mass is 19.1. The van der Waals surface area contributed by atoms with Crippen molar-refractivity contribution in [3.05, 3.63) is 96.8 Å². The molecule has 1 aliphatic rings. The Kier molecular flexibility index (Phi) is 3.81. The van der Waals surface area contributed by atoms with Crippen LogP contribution in [0.25, 0.3) is 39.5 Å². The van der Waals surface area contributed by atoms with Crippen LogP contribution in [0.2, 0.25) is 0 Å². The van der Waals surface area contributed by atoms with Gasteiger partial charge in [-0.05, 0) is 48.9 Å². The number of hydrogen-bond donors (Lipinski definition) is 1. The fourth-order valence-electron chi connectivity index (χ4n) is 4.77. The molecule has 6 aromatic rings. The normalized spacial score (nSPS) is 12.1. The zero-order valence-electron chi connectivity index (χ0n) is 18.1. The number of nitrogens with zero attached hydrogens (tertiary/aromatic N) is 6. The molecule has 4 aromatic heterocycles. The van der Waals surface area contributed by atoms with Crippen molar-refractivity contribution in [2.45, 2.75) is 6.92 Å². The summed E-state index contributed by atoms with van der Waals surface area (Å²) in [6.45, 7) is 2.02. The van der Waals surface area contributed by atoms with Crippen LogP contribution in [0.1, 0.15) is 5.56 Å². The number of pyridine rings is 1. The summed E-state index contributed by atoms with van der Waals surface area (Å²) in [6, 6.07) is 18.8. The molecule has 7 rings (SSSR count). The Bertz CT molecular complexity index is 1640. The van der Waals surface area contributed by atoms with Crippen molar-refractivity contribution in [3.63, 3.8) is 0 Å². The van der Waals surface area contributed by atoms with Gasteiger partial charge in [0.25, 0.3) is 0 Å². The molecule has 164 valence electrons. The zero-order chi connectivity index (χ0) is 22.8. The second-order valence-corrected chi connectivity index (χ2v) is 8.23. The zero-order valence-corrected chi connectivity index (χ0v) is 18.1. The molecule has 0 saturated heterocycles. The average Bonchev–Trinajstić information content (AvgIpc) is 3.63. The highest BCUT2D eigenvalue weighted by Gasteiger charge is 2.29. The monoisotopic (exact) mass is 447 g/mol. The summed E-state index contributed by atoms with van der Waals surface area (Å²) in [6.07, 6.45) is 7.27. The lowest BCUT2D eigenvalue weighted by molar-refractivity contribution is 0.624. The Morgan fingerprint density at radius 1 is 0.824 bits per heavy atom. The number of anilines is 2. The lowest BCUT2D eigenvalue weighted by Crippen LogP contribution is -2.11. The third-order valence-electron chi connectivity index (χ3n) is 6.26. The van der Waals surface area contributed by atoms with Gasteiger partial charge in [-0.1, -0.05) is 24.3 Å². The van der Waals surface area contributed by atoms with Crippen LogP contribution in [0.5, 0.6) is 0 Å². The minimum Gasteiger partial charge on any atom is -0.339 e. The van der Waals surface area contributed by atoms with Gasteiger partial charge < -0.3 is 5.32 Å². The molecule has 0 saturated carbocycles. The van der Waals surface area contributed by atoms with Gasteiger partial charge in [-0.2, -0.15) is 10.2 Å². The summed E-state index contributed by atoms with van der Waals surface area (Å²) >= 11 is 0. The van der Waals surface area contributed by atoms with E-state index >= 15 is 4.39 Å². The summed E-state index contributed by atoms with van der Waals surface area (Å²) in [7, 11) is 0. The first-order valence-corrected chi connectivity index (χ1v) is 10.9. The first-order valence-electron chi connectivity index (χ1n) is 10.9. The van der Waals surface area contributed by atoms with Crippen LogP contribution in [-0.2, 0) is 0 Å². The molecule has 1 N–H and O–H groups in total. The second-order valence-electron chi connectivity index (χ2n) is 8.23. The number of benzene rings is 2. The molecular formula is C26H18FN7. The van der Waals surface area contributed by atoms with Gasteiger partial charge in [0.05, 0.1) is 28.3 Å². The van der Waals surface area contributed by atoms with Crippen LogP contribution in [0.4, 0.5) is 15.9 Å². The van der Waals surface area contributed by atoms with Gasteiger partial charge >= 0.3 is 0 Å². The van der Waals surface area contributed by atoms with Crippen molar-refractivity contribution in [3.8, 4) is 33.9 Å². The van der Waals surface area contributed by atoms with Crippen molar-refractivity contribution >= 4 is 17.2 Å². The Morgan fingerprint density at radius 2 is 1.53 bits per heavy atom. The number of halogens is 1. The number of hydrogen-bond acceptors (Lipinski definition) is 4. The van der Waals surface area contributed by atoms with Gasteiger partial charge in [0, 0.05) is 30.4 Å². The number of rotatable bonds is 3. The highest BCUT2D eigenvalue weighted by Crippen LogP contribution is 2.46. The molecule has 0 fully saturated rings. The van der Waals surface area contributed by atoms with Crippen LogP contribution in [0, 0.1) is 12.7 Å². The van der Waals surface area contributed by atoms with Crippen molar-refractivity contribution in [2.24, 2.45) is 0 Å². The smallest absolute Gasteiger partial charge is 0.148 e. The summed E-state index contributed by atoms with van der Waals surface area (Å²) in [5.41, 5.74) is 7.09. The van der Waals surface area contributed by atoms with Gasteiger partial charge in [0.15, 0.2) is 0 Å². The number of imidazole rings is 1. The fraction of sp³-hybridized carbons (Fsp3) is 0.0385. The Balaban J connectivity index is 1.61. The molecular weight excluding hydrogens is 429 g/mol. The molecule has 0 amide bonds. The van der Waals surface area contributed by atoms with E-state index in [9.17, 15) is 0 Å². The number of aromatic nitrogens is 6. The topological polar surface area (TPSA) is 65.0 Å². The van der Waals surface area contributed by atoms with E-state index in [4.69, 9.17) is 4.98 Å². The van der Waals surface area contributed by atoms with Gasteiger partial charge in [-0.3, -0.25) is 4.40 Å². The summed E-state index contributed by atoms with van der Waals surface area (Å²) in [5, 5.41) is 12.5. The first-order chi connectivity index (χ1) is 16.7. The predicted molar refractivity (Wildman–Crippen MR) is 128 cm³/mol. The van der Waals surface area contributed by atoms with E-state index in [0.29, 0.717) is 22.9 Å². The lowest BCUT2D eigenvalue weighted by Gasteiger charge is -2.23.